The molecule has 0 radical (unpaired) electrons. The highest BCUT2D eigenvalue weighted by Crippen LogP contribution is 2.22. The molecule has 1 rings (SSSR count). The Hall–Kier alpha value is -2.11. The van der Waals surface area contributed by atoms with Gasteiger partial charge in [-0.05, 0) is 52.3 Å². The predicted octanol–water partition coefficient (Wildman–Crippen LogP) is 3.77. The SMILES string of the molecule is C[C@H](OC(=O)[C@@H](C)NC(=O)OC(C)(C)C)[C@@H](C)c1ccc(F)cc1. The van der Waals surface area contributed by atoms with E-state index < -0.39 is 29.8 Å². The van der Waals surface area contributed by atoms with E-state index in [0.29, 0.717) is 0 Å². The molecule has 0 saturated carbocycles. The van der Waals surface area contributed by atoms with Crippen LogP contribution in [0.15, 0.2) is 24.3 Å². The van der Waals surface area contributed by atoms with Gasteiger partial charge in [0.1, 0.15) is 23.6 Å². The van der Waals surface area contributed by atoms with E-state index in [9.17, 15) is 14.0 Å². The second kappa shape index (κ2) is 8.13. The van der Waals surface area contributed by atoms with E-state index >= 15 is 0 Å². The van der Waals surface area contributed by atoms with Gasteiger partial charge in [-0.25, -0.2) is 14.0 Å². The smallest absolute Gasteiger partial charge is 0.408 e. The normalized spacial score (nSPS) is 15.1. The van der Waals surface area contributed by atoms with Crippen LogP contribution >= 0.6 is 0 Å². The number of nitrogens with one attached hydrogen (secondary N) is 1. The minimum atomic E-state index is -0.831. The number of benzene rings is 1. The predicted molar refractivity (Wildman–Crippen MR) is 89.2 cm³/mol. The van der Waals surface area contributed by atoms with Gasteiger partial charge in [-0.1, -0.05) is 19.1 Å². The first kappa shape index (κ1) is 19.9. The van der Waals surface area contributed by atoms with E-state index in [1.165, 1.54) is 19.1 Å². The van der Waals surface area contributed by atoms with Crippen LogP contribution in [0.4, 0.5) is 9.18 Å². The summed E-state index contributed by atoms with van der Waals surface area (Å²) in [5.41, 5.74) is 0.224. The molecule has 1 aromatic rings. The number of carbonyl (C=O) groups excluding carboxylic acids is 2. The summed E-state index contributed by atoms with van der Waals surface area (Å²) in [5.74, 6) is -0.976. The van der Waals surface area contributed by atoms with Crippen LogP contribution in [-0.4, -0.2) is 29.8 Å². The number of amides is 1. The van der Waals surface area contributed by atoms with Gasteiger partial charge in [0.2, 0.25) is 0 Å². The Bertz CT molecular complexity index is 565. The Labute approximate surface area is 142 Å². The first-order valence-corrected chi connectivity index (χ1v) is 7.95. The van der Waals surface area contributed by atoms with Gasteiger partial charge >= 0.3 is 12.1 Å². The van der Waals surface area contributed by atoms with Crippen LogP contribution in [0, 0.1) is 5.82 Å². The van der Waals surface area contributed by atoms with Crippen molar-refractivity contribution in [1.82, 2.24) is 5.32 Å². The van der Waals surface area contributed by atoms with Gasteiger partial charge in [0.05, 0.1) is 0 Å². The molecular weight excluding hydrogens is 313 g/mol. The lowest BCUT2D eigenvalue weighted by atomic mass is 9.96. The molecule has 0 aliphatic carbocycles. The van der Waals surface area contributed by atoms with Crippen LogP contribution in [0.2, 0.25) is 0 Å². The van der Waals surface area contributed by atoms with Crippen LogP contribution in [0.3, 0.4) is 0 Å². The fourth-order valence-electron chi connectivity index (χ4n) is 1.97. The molecule has 0 unspecified atom stereocenters. The number of esters is 1. The molecule has 0 aliphatic heterocycles. The van der Waals surface area contributed by atoms with Gasteiger partial charge in [0, 0.05) is 5.92 Å². The summed E-state index contributed by atoms with van der Waals surface area (Å²) < 4.78 is 23.5. The third kappa shape index (κ3) is 6.56. The lowest BCUT2D eigenvalue weighted by Gasteiger charge is -2.24. The maximum absolute atomic E-state index is 13.0. The highest BCUT2D eigenvalue weighted by atomic mass is 19.1. The average molecular weight is 339 g/mol. The third-order valence-electron chi connectivity index (χ3n) is 3.49. The first-order valence-electron chi connectivity index (χ1n) is 7.95. The van der Waals surface area contributed by atoms with Crippen molar-refractivity contribution in [3.8, 4) is 0 Å². The zero-order valence-electron chi connectivity index (χ0n) is 15.1. The van der Waals surface area contributed by atoms with Gasteiger partial charge in [-0.15, -0.1) is 0 Å². The number of hydrogen-bond acceptors (Lipinski definition) is 4. The summed E-state index contributed by atoms with van der Waals surface area (Å²) in [6.45, 7) is 10.4. The van der Waals surface area contributed by atoms with E-state index in [0.717, 1.165) is 5.56 Å². The van der Waals surface area contributed by atoms with Crippen molar-refractivity contribution in [2.45, 2.75) is 65.2 Å². The Morgan fingerprint density at radius 2 is 1.62 bits per heavy atom. The number of rotatable bonds is 5. The Kier molecular flexibility index (Phi) is 6.75. The monoisotopic (exact) mass is 339 g/mol. The molecule has 1 amide bonds. The molecule has 0 saturated heterocycles. The highest BCUT2D eigenvalue weighted by Gasteiger charge is 2.25. The molecular formula is C18H26FNO4. The Morgan fingerprint density at radius 3 is 2.12 bits per heavy atom. The zero-order valence-corrected chi connectivity index (χ0v) is 15.1. The third-order valence-corrected chi connectivity index (χ3v) is 3.49. The second-order valence-corrected chi connectivity index (χ2v) is 6.85. The number of carbonyl (C=O) groups is 2. The molecule has 0 aromatic heterocycles. The van der Waals surface area contributed by atoms with Crippen LogP contribution < -0.4 is 5.32 Å². The van der Waals surface area contributed by atoms with Crippen LogP contribution in [-0.2, 0) is 14.3 Å². The minimum absolute atomic E-state index is 0.108. The second-order valence-electron chi connectivity index (χ2n) is 6.85. The summed E-state index contributed by atoms with van der Waals surface area (Å²) >= 11 is 0. The van der Waals surface area contributed by atoms with E-state index in [-0.39, 0.29) is 11.7 Å². The largest absolute Gasteiger partial charge is 0.461 e. The molecule has 1 N–H and O–H groups in total. The molecule has 6 heteroatoms. The van der Waals surface area contributed by atoms with Gasteiger partial charge < -0.3 is 14.8 Å². The molecule has 134 valence electrons. The number of ether oxygens (including phenoxy) is 2. The molecule has 0 heterocycles. The minimum Gasteiger partial charge on any atom is -0.461 e. The van der Waals surface area contributed by atoms with E-state index in [1.807, 2.05) is 6.92 Å². The molecule has 0 bridgehead atoms. The molecule has 24 heavy (non-hydrogen) atoms. The first-order chi connectivity index (χ1) is 11.0. The van der Waals surface area contributed by atoms with Crippen molar-refractivity contribution in [2.75, 3.05) is 0 Å². The Morgan fingerprint density at radius 1 is 1.08 bits per heavy atom. The summed E-state index contributed by atoms with van der Waals surface area (Å²) in [5, 5.41) is 2.44. The van der Waals surface area contributed by atoms with Crippen molar-refractivity contribution in [1.29, 1.82) is 0 Å². The summed E-state index contributed by atoms with van der Waals surface area (Å²) in [6.07, 6.45) is -1.10. The van der Waals surface area contributed by atoms with Crippen molar-refractivity contribution in [3.63, 3.8) is 0 Å². The number of alkyl carbamates (subject to hydrolysis) is 1. The zero-order chi connectivity index (χ0) is 18.5. The standard InChI is InChI=1S/C18H26FNO4/c1-11(14-7-9-15(19)10-8-14)13(3)23-16(21)12(2)20-17(22)24-18(4,5)6/h7-13H,1-6H3,(H,20,22)/t11-,12-,13+/m1/s1. The van der Waals surface area contributed by atoms with Crippen LogP contribution in [0.5, 0.6) is 0 Å². The lowest BCUT2D eigenvalue weighted by Crippen LogP contribution is -2.43. The Balaban J connectivity index is 2.56. The highest BCUT2D eigenvalue weighted by molar-refractivity contribution is 5.81. The average Bonchev–Trinajstić information content (AvgIpc) is 2.44. The maximum atomic E-state index is 13.0. The molecule has 5 nitrogen and oxygen atoms in total. The fraction of sp³-hybridized carbons (Fsp3) is 0.556. The summed E-state index contributed by atoms with van der Waals surface area (Å²) in [7, 11) is 0. The maximum Gasteiger partial charge on any atom is 0.408 e. The fourth-order valence-corrected chi connectivity index (χ4v) is 1.97. The topological polar surface area (TPSA) is 64.6 Å². The quantitative estimate of drug-likeness (QED) is 0.829. The van der Waals surface area contributed by atoms with Crippen molar-refractivity contribution in [3.05, 3.63) is 35.6 Å². The van der Waals surface area contributed by atoms with Crippen molar-refractivity contribution < 1.29 is 23.5 Å². The lowest BCUT2D eigenvalue weighted by molar-refractivity contribution is -0.151. The summed E-state index contributed by atoms with van der Waals surface area (Å²) in [6, 6.07) is 5.22. The molecule has 0 fully saturated rings. The van der Waals surface area contributed by atoms with E-state index in [2.05, 4.69) is 5.32 Å². The van der Waals surface area contributed by atoms with Gasteiger partial charge in [0.15, 0.2) is 0 Å². The molecule has 0 spiro atoms. The van der Waals surface area contributed by atoms with E-state index in [1.54, 1.807) is 39.8 Å². The van der Waals surface area contributed by atoms with Gasteiger partial charge in [-0.3, -0.25) is 0 Å². The van der Waals surface area contributed by atoms with Gasteiger partial charge in [0.25, 0.3) is 0 Å². The van der Waals surface area contributed by atoms with Crippen LogP contribution in [0.25, 0.3) is 0 Å². The molecule has 3 atom stereocenters. The molecule has 1 aromatic carbocycles. The van der Waals surface area contributed by atoms with Gasteiger partial charge in [-0.2, -0.15) is 0 Å². The number of halogens is 1. The van der Waals surface area contributed by atoms with Crippen molar-refractivity contribution >= 4 is 12.1 Å². The van der Waals surface area contributed by atoms with E-state index in [4.69, 9.17) is 9.47 Å². The van der Waals surface area contributed by atoms with Crippen molar-refractivity contribution in [2.24, 2.45) is 0 Å². The van der Waals surface area contributed by atoms with Crippen LogP contribution in [0.1, 0.15) is 53.0 Å². The molecule has 0 aliphatic rings. The number of hydrogen-bond donors (Lipinski definition) is 1. The summed E-state index contributed by atoms with van der Waals surface area (Å²) in [4.78, 5) is 23.8.